The molecule has 0 radical (unpaired) electrons. The van der Waals surface area contributed by atoms with Crippen LogP contribution in [0, 0.1) is 0 Å². The van der Waals surface area contributed by atoms with E-state index < -0.39 is 0 Å². The van der Waals surface area contributed by atoms with Gasteiger partial charge in [-0.05, 0) is 38.2 Å². The molecule has 1 aliphatic rings. The third kappa shape index (κ3) is 3.52. The van der Waals surface area contributed by atoms with Crippen molar-refractivity contribution in [1.82, 2.24) is 20.1 Å². The number of carbonyl (C=O) groups is 1. The van der Waals surface area contributed by atoms with E-state index in [0.29, 0.717) is 13.1 Å². The van der Waals surface area contributed by atoms with Crippen molar-refractivity contribution in [2.24, 2.45) is 0 Å². The topological polar surface area (TPSA) is 48.5 Å². The predicted molar refractivity (Wildman–Crippen MR) is 74.6 cm³/mol. The fourth-order valence-corrected chi connectivity index (χ4v) is 2.48. The molecule has 0 saturated carbocycles. The molecule has 0 aromatic carbocycles. The minimum Gasteiger partial charge on any atom is -0.337 e. The van der Waals surface area contributed by atoms with Crippen LogP contribution in [0.3, 0.4) is 0 Å². The first-order valence-corrected chi connectivity index (χ1v) is 6.75. The maximum atomic E-state index is 12.6. The first kappa shape index (κ1) is 14.0. The van der Waals surface area contributed by atoms with Crippen molar-refractivity contribution < 1.29 is 4.79 Å². The van der Waals surface area contributed by atoms with Gasteiger partial charge in [-0.3, -0.25) is 14.7 Å². The Balaban J connectivity index is 2.09. The van der Waals surface area contributed by atoms with Gasteiger partial charge in [0, 0.05) is 38.6 Å². The molecule has 0 aliphatic carbocycles. The quantitative estimate of drug-likeness (QED) is 0.850. The monoisotopic (exact) mass is 262 g/mol. The van der Waals surface area contributed by atoms with Gasteiger partial charge < -0.3 is 10.2 Å². The molecule has 1 atom stereocenters. The highest BCUT2D eigenvalue weighted by Gasteiger charge is 2.29. The molecule has 1 aromatic heterocycles. The van der Waals surface area contributed by atoms with Gasteiger partial charge in [-0.25, -0.2) is 0 Å². The fourth-order valence-electron chi connectivity index (χ4n) is 2.48. The highest BCUT2D eigenvalue weighted by atomic mass is 16.2. The molecule has 0 bridgehead atoms. The number of hydrogen-bond donors (Lipinski definition) is 1. The van der Waals surface area contributed by atoms with Gasteiger partial charge in [0.1, 0.15) is 6.04 Å². The number of rotatable bonds is 4. The summed E-state index contributed by atoms with van der Waals surface area (Å²) in [6.45, 7) is 3.16. The summed E-state index contributed by atoms with van der Waals surface area (Å²) < 4.78 is 0. The Kier molecular flexibility index (Phi) is 4.87. The molecule has 5 nitrogen and oxygen atoms in total. The molecule has 0 spiro atoms. The lowest BCUT2D eigenvalue weighted by molar-refractivity contribution is -0.135. The average molecular weight is 262 g/mol. The minimum atomic E-state index is -0.0608. The van der Waals surface area contributed by atoms with E-state index in [2.05, 4.69) is 15.2 Å². The van der Waals surface area contributed by atoms with Crippen molar-refractivity contribution in [3.8, 4) is 0 Å². The van der Waals surface area contributed by atoms with Gasteiger partial charge >= 0.3 is 0 Å². The number of carbonyl (C=O) groups excluding carboxylic acids is 1. The molecule has 1 aliphatic heterocycles. The largest absolute Gasteiger partial charge is 0.337 e. The molecule has 1 N–H and O–H groups in total. The molecule has 5 heteroatoms. The summed E-state index contributed by atoms with van der Waals surface area (Å²) in [5.74, 6) is 0.214. The van der Waals surface area contributed by atoms with Gasteiger partial charge in [0.15, 0.2) is 0 Å². The molecule has 1 fully saturated rings. The van der Waals surface area contributed by atoms with Gasteiger partial charge in [0.2, 0.25) is 5.91 Å². The predicted octanol–water partition coefficient (Wildman–Crippen LogP) is 0.334. The van der Waals surface area contributed by atoms with Crippen LogP contribution in [0.1, 0.15) is 12.0 Å². The normalized spacial score (nSPS) is 21.5. The van der Waals surface area contributed by atoms with Crippen LogP contribution < -0.4 is 5.32 Å². The summed E-state index contributed by atoms with van der Waals surface area (Å²) in [5.41, 5.74) is 1.14. The van der Waals surface area contributed by atoms with Gasteiger partial charge in [0.05, 0.1) is 0 Å². The summed E-state index contributed by atoms with van der Waals surface area (Å²) in [7, 11) is 3.91. The Morgan fingerprint density at radius 3 is 2.79 bits per heavy atom. The van der Waals surface area contributed by atoms with Crippen LogP contribution in [0.25, 0.3) is 0 Å². The molecule has 1 saturated heterocycles. The summed E-state index contributed by atoms with van der Waals surface area (Å²) in [6.07, 6.45) is 4.57. The van der Waals surface area contributed by atoms with Crippen LogP contribution in [0.5, 0.6) is 0 Å². The molecule has 2 rings (SSSR count). The number of nitrogens with one attached hydrogen (secondary N) is 1. The fraction of sp³-hybridized carbons (Fsp3) is 0.571. The molecule has 1 amide bonds. The Labute approximate surface area is 114 Å². The first-order valence-electron chi connectivity index (χ1n) is 6.75. The molecular formula is C14H22N4O. The lowest BCUT2D eigenvalue weighted by Crippen LogP contribution is -2.48. The zero-order chi connectivity index (χ0) is 13.7. The number of nitrogens with zero attached hydrogens (tertiary/aromatic N) is 3. The summed E-state index contributed by atoms with van der Waals surface area (Å²) in [5, 5.41) is 3.11. The zero-order valence-corrected chi connectivity index (χ0v) is 11.7. The molecule has 2 heterocycles. The van der Waals surface area contributed by atoms with E-state index in [0.717, 1.165) is 25.1 Å². The number of likely N-dealkylation sites (N-methyl/N-ethyl adjacent to an activating group) is 2. The number of amides is 1. The Hall–Kier alpha value is -1.46. The van der Waals surface area contributed by atoms with Crippen LogP contribution in [0.15, 0.2) is 24.5 Å². The highest BCUT2D eigenvalue weighted by molar-refractivity contribution is 5.82. The van der Waals surface area contributed by atoms with Crippen molar-refractivity contribution >= 4 is 5.91 Å². The summed E-state index contributed by atoms with van der Waals surface area (Å²) in [6, 6.07) is 3.87. The Bertz CT molecular complexity index is 409. The van der Waals surface area contributed by atoms with Crippen molar-refractivity contribution in [2.45, 2.75) is 19.0 Å². The number of pyridine rings is 1. The number of aromatic nitrogens is 1. The van der Waals surface area contributed by atoms with Crippen molar-refractivity contribution in [2.75, 3.05) is 33.7 Å². The molecule has 1 aromatic rings. The van der Waals surface area contributed by atoms with Crippen LogP contribution in [0.4, 0.5) is 0 Å². The van der Waals surface area contributed by atoms with Crippen molar-refractivity contribution in [1.29, 1.82) is 0 Å². The second kappa shape index (κ2) is 6.63. The smallest absolute Gasteiger partial charge is 0.241 e. The first-order chi connectivity index (χ1) is 9.22. The van der Waals surface area contributed by atoms with Gasteiger partial charge in [-0.2, -0.15) is 0 Å². The average Bonchev–Trinajstić information content (AvgIpc) is 2.55. The lowest BCUT2D eigenvalue weighted by atomic mass is 10.2. The van der Waals surface area contributed by atoms with Gasteiger partial charge in [0.25, 0.3) is 0 Å². The van der Waals surface area contributed by atoms with E-state index in [1.165, 1.54) is 0 Å². The number of hydrogen-bond acceptors (Lipinski definition) is 4. The van der Waals surface area contributed by atoms with Crippen LogP contribution in [0.2, 0.25) is 0 Å². The van der Waals surface area contributed by atoms with Gasteiger partial charge in [-0.1, -0.05) is 0 Å². The van der Waals surface area contributed by atoms with Crippen molar-refractivity contribution in [3.63, 3.8) is 0 Å². The second-order valence-corrected chi connectivity index (χ2v) is 5.02. The Morgan fingerprint density at radius 1 is 1.37 bits per heavy atom. The Morgan fingerprint density at radius 2 is 2.11 bits per heavy atom. The van der Waals surface area contributed by atoms with Crippen LogP contribution in [-0.2, 0) is 11.3 Å². The summed E-state index contributed by atoms with van der Waals surface area (Å²) in [4.78, 5) is 20.7. The molecule has 104 valence electrons. The SMILES string of the molecule is CNCC1C(=O)N(Cc2ccncc2)CCCN1C. The maximum absolute atomic E-state index is 12.6. The van der Waals surface area contributed by atoms with E-state index in [-0.39, 0.29) is 11.9 Å². The van der Waals surface area contributed by atoms with Crippen molar-refractivity contribution in [3.05, 3.63) is 30.1 Å². The zero-order valence-electron chi connectivity index (χ0n) is 11.7. The van der Waals surface area contributed by atoms with E-state index in [9.17, 15) is 4.79 Å². The van der Waals surface area contributed by atoms with Crippen LogP contribution >= 0.6 is 0 Å². The second-order valence-electron chi connectivity index (χ2n) is 5.02. The third-order valence-corrected chi connectivity index (χ3v) is 3.59. The maximum Gasteiger partial charge on any atom is 0.241 e. The standard InChI is InChI=1S/C14H22N4O/c1-15-10-13-14(19)18(9-3-8-17(13)2)11-12-4-6-16-7-5-12/h4-7,13,15H,3,8-11H2,1-2H3. The highest BCUT2D eigenvalue weighted by Crippen LogP contribution is 2.13. The van der Waals surface area contributed by atoms with Gasteiger partial charge in [-0.15, -0.1) is 0 Å². The molecular weight excluding hydrogens is 240 g/mol. The van der Waals surface area contributed by atoms with E-state index in [1.54, 1.807) is 12.4 Å². The lowest BCUT2D eigenvalue weighted by Gasteiger charge is -2.28. The van der Waals surface area contributed by atoms with Crippen LogP contribution in [-0.4, -0.2) is 60.5 Å². The van der Waals surface area contributed by atoms with E-state index in [4.69, 9.17) is 0 Å². The molecule has 19 heavy (non-hydrogen) atoms. The third-order valence-electron chi connectivity index (χ3n) is 3.59. The minimum absolute atomic E-state index is 0.0608. The summed E-state index contributed by atoms with van der Waals surface area (Å²) >= 11 is 0. The molecule has 1 unspecified atom stereocenters. The van der Waals surface area contributed by atoms with E-state index >= 15 is 0 Å². The van der Waals surface area contributed by atoms with E-state index in [1.807, 2.05) is 31.1 Å².